The van der Waals surface area contributed by atoms with Crippen LogP contribution < -0.4 is 15.8 Å². The summed E-state index contributed by atoms with van der Waals surface area (Å²) in [6.07, 6.45) is 3.16. The molecular weight excluding hydrogens is 244 g/mol. The third kappa shape index (κ3) is 3.17. The molecule has 1 aromatic rings. The molecule has 0 bridgehead atoms. The first kappa shape index (κ1) is 13.7. The summed E-state index contributed by atoms with van der Waals surface area (Å²) in [6.45, 7) is 0. The number of hydrogen-bond donors (Lipinski definition) is 3. The second kappa shape index (κ2) is 5.93. The monoisotopic (exact) mass is 264 g/mol. The summed E-state index contributed by atoms with van der Waals surface area (Å²) in [5.41, 5.74) is 6.69. The maximum atomic E-state index is 12.1. The normalized spacial score (nSPS) is 22.8. The molecule has 1 amide bonds. The second-order valence-corrected chi connectivity index (χ2v) is 4.89. The lowest BCUT2D eigenvalue weighted by molar-refractivity contribution is 0.0717. The molecule has 19 heavy (non-hydrogen) atoms. The van der Waals surface area contributed by atoms with E-state index in [0.717, 1.165) is 25.7 Å². The van der Waals surface area contributed by atoms with Crippen molar-refractivity contribution in [1.29, 1.82) is 0 Å². The first-order valence-electron chi connectivity index (χ1n) is 6.54. The van der Waals surface area contributed by atoms with Crippen LogP contribution in [0, 0.1) is 0 Å². The quantitative estimate of drug-likeness (QED) is 0.719. The van der Waals surface area contributed by atoms with Crippen LogP contribution in [0.1, 0.15) is 36.0 Å². The zero-order valence-corrected chi connectivity index (χ0v) is 11.1. The summed E-state index contributed by atoms with van der Waals surface area (Å²) in [5, 5.41) is 12.7. The zero-order valence-electron chi connectivity index (χ0n) is 11.1. The third-order valence-corrected chi connectivity index (χ3v) is 3.54. The molecule has 0 spiro atoms. The molecule has 0 aromatic heterocycles. The Bertz CT molecular complexity index is 462. The van der Waals surface area contributed by atoms with Gasteiger partial charge in [0.2, 0.25) is 0 Å². The number of aliphatic hydroxyl groups is 1. The Morgan fingerprint density at radius 3 is 2.79 bits per heavy atom. The number of carbonyl (C=O) groups excluding carboxylic acids is 1. The van der Waals surface area contributed by atoms with Crippen molar-refractivity contribution in [1.82, 2.24) is 5.32 Å². The van der Waals surface area contributed by atoms with E-state index in [1.165, 1.54) is 7.11 Å². The minimum absolute atomic E-state index is 0.162. The van der Waals surface area contributed by atoms with Crippen LogP contribution in [0.5, 0.6) is 5.75 Å². The highest BCUT2D eigenvalue weighted by Gasteiger charge is 2.24. The van der Waals surface area contributed by atoms with Crippen molar-refractivity contribution in [2.24, 2.45) is 0 Å². The lowest BCUT2D eigenvalue weighted by Crippen LogP contribution is -2.45. The number of nitrogen functional groups attached to an aromatic ring is 1. The smallest absolute Gasteiger partial charge is 0.251 e. The van der Waals surface area contributed by atoms with Crippen molar-refractivity contribution in [3.8, 4) is 5.75 Å². The average molecular weight is 264 g/mol. The molecule has 104 valence electrons. The predicted molar refractivity (Wildman–Crippen MR) is 73.1 cm³/mol. The van der Waals surface area contributed by atoms with Crippen molar-refractivity contribution in [2.75, 3.05) is 12.8 Å². The number of hydrogen-bond acceptors (Lipinski definition) is 4. The maximum absolute atomic E-state index is 12.1. The van der Waals surface area contributed by atoms with E-state index in [9.17, 15) is 9.90 Å². The minimum atomic E-state index is -0.451. The lowest BCUT2D eigenvalue weighted by Gasteiger charge is -2.28. The van der Waals surface area contributed by atoms with Gasteiger partial charge in [-0.05, 0) is 31.0 Å². The van der Waals surface area contributed by atoms with E-state index < -0.39 is 6.10 Å². The fourth-order valence-corrected chi connectivity index (χ4v) is 2.41. The SMILES string of the molecule is COc1ccc(C(=O)N[C@@H]2CCCC[C@H]2O)cc1N. The number of aliphatic hydroxyl groups excluding tert-OH is 1. The summed E-state index contributed by atoms with van der Waals surface area (Å²) < 4.78 is 5.05. The first-order chi connectivity index (χ1) is 9.11. The Morgan fingerprint density at radius 2 is 2.16 bits per heavy atom. The van der Waals surface area contributed by atoms with E-state index in [0.29, 0.717) is 17.0 Å². The van der Waals surface area contributed by atoms with Crippen molar-refractivity contribution >= 4 is 11.6 Å². The standard InChI is InChI=1S/C14H20N2O3/c1-19-13-7-6-9(8-10(13)15)14(18)16-11-4-2-3-5-12(11)17/h6-8,11-12,17H,2-5,15H2,1H3,(H,16,18)/t11-,12-/m1/s1. The molecule has 1 saturated carbocycles. The van der Waals surface area contributed by atoms with E-state index in [1.54, 1.807) is 18.2 Å². The van der Waals surface area contributed by atoms with Crippen LogP contribution in [0.25, 0.3) is 0 Å². The average Bonchev–Trinajstić information content (AvgIpc) is 2.41. The van der Waals surface area contributed by atoms with Gasteiger partial charge >= 0.3 is 0 Å². The molecule has 4 N–H and O–H groups in total. The van der Waals surface area contributed by atoms with Gasteiger partial charge in [-0.3, -0.25) is 4.79 Å². The molecular formula is C14H20N2O3. The van der Waals surface area contributed by atoms with Crippen molar-refractivity contribution in [3.05, 3.63) is 23.8 Å². The minimum Gasteiger partial charge on any atom is -0.495 e. The number of nitrogens with two attached hydrogens (primary N) is 1. The van der Waals surface area contributed by atoms with Gasteiger partial charge in [-0.2, -0.15) is 0 Å². The Balaban J connectivity index is 2.05. The number of nitrogens with one attached hydrogen (secondary N) is 1. The number of rotatable bonds is 3. The van der Waals surface area contributed by atoms with Crippen molar-refractivity contribution < 1.29 is 14.6 Å². The van der Waals surface area contributed by atoms with Gasteiger partial charge in [-0.1, -0.05) is 12.8 Å². The highest BCUT2D eigenvalue weighted by Crippen LogP contribution is 2.23. The van der Waals surface area contributed by atoms with Crippen LogP contribution in [0.3, 0.4) is 0 Å². The number of anilines is 1. The second-order valence-electron chi connectivity index (χ2n) is 4.89. The lowest BCUT2D eigenvalue weighted by atomic mass is 9.92. The van der Waals surface area contributed by atoms with Gasteiger partial charge in [0.05, 0.1) is 24.9 Å². The van der Waals surface area contributed by atoms with Crippen LogP contribution in [0.2, 0.25) is 0 Å². The van der Waals surface area contributed by atoms with Gasteiger partial charge in [-0.25, -0.2) is 0 Å². The van der Waals surface area contributed by atoms with E-state index >= 15 is 0 Å². The van der Waals surface area contributed by atoms with Crippen LogP contribution >= 0.6 is 0 Å². The molecule has 1 aromatic carbocycles. The van der Waals surface area contributed by atoms with E-state index in [4.69, 9.17) is 10.5 Å². The molecule has 0 aliphatic heterocycles. The van der Waals surface area contributed by atoms with Crippen LogP contribution in [0.15, 0.2) is 18.2 Å². The predicted octanol–water partition coefficient (Wildman–Crippen LogP) is 1.31. The summed E-state index contributed by atoms with van der Waals surface area (Å²) in [4.78, 5) is 12.1. The molecule has 1 fully saturated rings. The van der Waals surface area contributed by atoms with Gasteiger partial charge in [0.1, 0.15) is 5.75 Å². The Kier molecular flexibility index (Phi) is 4.27. The molecule has 1 aliphatic rings. The topological polar surface area (TPSA) is 84.6 Å². The molecule has 2 rings (SSSR count). The van der Waals surface area contributed by atoms with Crippen LogP contribution in [-0.4, -0.2) is 30.3 Å². The van der Waals surface area contributed by atoms with Crippen molar-refractivity contribution in [3.63, 3.8) is 0 Å². The van der Waals surface area contributed by atoms with Crippen LogP contribution in [-0.2, 0) is 0 Å². The molecule has 0 radical (unpaired) electrons. The number of benzene rings is 1. The zero-order chi connectivity index (χ0) is 13.8. The molecule has 5 nitrogen and oxygen atoms in total. The fourth-order valence-electron chi connectivity index (χ4n) is 2.41. The Labute approximate surface area is 112 Å². The summed E-state index contributed by atoms with van der Waals surface area (Å²) in [5.74, 6) is 0.342. The first-order valence-corrected chi connectivity index (χ1v) is 6.54. The third-order valence-electron chi connectivity index (χ3n) is 3.54. The molecule has 0 saturated heterocycles. The van der Waals surface area contributed by atoms with Gasteiger partial charge < -0.3 is 20.9 Å². The maximum Gasteiger partial charge on any atom is 0.251 e. The highest BCUT2D eigenvalue weighted by atomic mass is 16.5. The van der Waals surface area contributed by atoms with Gasteiger partial charge in [0.25, 0.3) is 5.91 Å². The number of carbonyl (C=O) groups is 1. The molecule has 5 heteroatoms. The van der Waals surface area contributed by atoms with Crippen LogP contribution in [0.4, 0.5) is 5.69 Å². The fraction of sp³-hybridized carbons (Fsp3) is 0.500. The van der Waals surface area contributed by atoms with Crippen molar-refractivity contribution in [2.45, 2.75) is 37.8 Å². The summed E-state index contributed by atoms with van der Waals surface area (Å²) in [7, 11) is 1.53. The Hall–Kier alpha value is -1.75. The number of methoxy groups -OCH3 is 1. The van der Waals surface area contributed by atoms with Gasteiger partial charge in [-0.15, -0.1) is 0 Å². The number of amides is 1. The number of ether oxygens (including phenoxy) is 1. The highest BCUT2D eigenvalue weighted by molar-refractivity contribution is 5.95. The Morgan fingerprint density at radius 1 is 1.42 bits per heavy atom. The largest absolute Gasteiger partial charge is 0.495 e. The molecule has 2 atom stereocenters. The molecule has 0 unspecified atom stereocenters. The van der Waals surface area contributed by atoms with Gasteiger partial charge in [0, 0.05) is 5.56 Å². The van der Waals surface area contributed by atoms with Gasteiger partial charge in [0.15, 0.2) is 0 Å². The van der Waals surface area contributed by atoms with E-state index in [-0.39, 0.29) is 11.9 Å². The molecule has 1 aliphatic carbocycles. The summed E-state index contributed by atoms with van der Waals surface area (Å²) in [6, 6.07) is 4.76. The van der Waals surface area contributed by atoms with E-state index in [1.807, 2.05) is 0 Å². The molecule has 0 heterocycles. The summed E-state index contributed by atoms with van der Waals surface area (Å²) >= 11 is 0. The van der Waals surface area contributed by atoms with E-state index in [2.05, 4.69) is 5.32 Å².